The van der Waals surface area contributed by atoms with Crippen LogP contribution < -0.4 is 9.62 Å². The number of hydrogen-bond donors (Lipinski definition) is 1. The van der Waals surface area contributed by atoms with E-state index in [9.17, 15) is 13.2 Å². The molecular weight excluding hydrogens is 372 g/mol. The lowest BCUT2D eigenvalue weighted by atomic mass is 9.84. The summed E-state index contributed by atoms with van der Waals surface area (Å²) in [5.41, 5.74) is 1.87. The van der Waals surface area contributed by atoms with E-state index in [0.717, 1.165) is 62.6 Å². The first kappa shape index (κ1) is 19.9. The Morgan fingerprint density at radius 1 is 1.00 bits per heavy atom. The lowest BCUT2D eigenvalue weighted by molar-refractivity contribution is -0.125. The molecule has 154 valence electrons. The van der Waals surface area contributed by atoms with Gasteiger partial charge in [-0.25, -0.2) is 13.1 Å². The van der Waals surface area contributed by atoms with Crippen LogP contribution in [0.3, 0.4) is 0 Å². The molecular formula is C22H32N2O3S. The Morgan fingerprint density at radius 2 is 1.68 bits per heavy atom. The molecule has 6 heteroatoms. The number of carbonyl (C=O) groups excluding carboxylic acids is 1. The highest BCUT2D eigenvalue weighted by molar-refractivity contribution is 7.89. The molecule has 3 aliphatic rings. The van der Waals surface area contributed by atoms with Crippen LogP contribution in [0, 0.1) is 5.92 Å². The number of amides is 1. The second kappa shape index (κ2) is 8.15. The van der Waals surface area contributed by atoms with Crippen LogP contribution in [0.1, 0.15) is 76.7 Å². The molecule has 1 amide bonds. The summed E-state index contributed by atoms with van der Waals surface area (Å²) in [4.78, 5) is 15.0. The van der Waals surface area contributed by atoms with Gasteiger partial charge in [-0.2, -0.15) is 0 Å². The van der Waals surface area contributed by atoms with Gasteiger partial charge in [-0.15, -0.1) is 0 Å². The minimum absolute atomic E-state index is 0.0363. The van der Waals surface area contributed by atoms with Crippen molar-refractivity contribution in [3.8, 4) is 0 Å². The van der Waals surface area contributed by atoms with Gasteiger partial charge < -0.3 is 4.90 Å². The predicted octanol–water partition coefficient (Wildman–Crippen LogP) is 4.16. The molecule has 0 saturated heterocycles. The highest BCUT2D eigenvalue weighted by Crippen LogP contribution is 2.38. The molecule has 28 heavy (non-hydrogen) atoms. The molecule has 1 aromatic carbocycles. The van der Waals surface area contributed by atoms with Gasteiger partial charge >= 0.3 is 0 Å². The van der Waals surface area contributed by atoms with Gasteiger partial charge in [0.2, 0.25) is 15.9 Å². The number of nitrogens with one attached hydrogen (secondary N) is 1. The summed E-state index contributed by atoms with van der Waals surface area (Å²) in [6.45, 7) is 2.05. The predicted molar refractivity (Wildman–Crippen MR) is 111 cm³/mol. The normalized spacial score (nSPS) is 24.3. The van der Waals surface area contributed by atoms with E-state index < -0.39 is 10.0 Å². The number of sulfonamides is 1. The van der Waals surface area contributed by atoms with Gasteiger partial charge in [-0.1, -0.05) is 38.5 Å². The molecule has 4 rings (SSSR count). The smallest absolute Gasteiger partial charge is 0.240 e. The average Bonchev–Trinajstić information content (AvgIpc) is 2.90. The molecule has 2 saturated carbocycles. The maximum Gasteiger partial charge on any atom is 0.240 e. The first-order chi connectivity index (χ1) is 13.5. The van der Waals surface area contributed by atoms with Gasteiger partial charge in [0.25, 0.3) is 0 Å². The quantitative estimate of drug-likeness (QED) is 0.819. The van der Waals surface area contributed by atoms with Crippen LogP contribution in [0.4, 0.5) is 5.69 Å². The fourth-order valence-corrected chi connectivity index (χ4v) is 6.18. The Bertz CT molecular complexity index is 824. The lowest BCUT2D eigenvalue weighted by Gasteiger charge is -2.32. The summed E-state index contributed by atoms with van der Waals surface area (Å²) in [6.07, 6.45) is 11.5. The maximum absolute atomic E-state index is 13.0. The van der Waals surface area contributed by atoms with Gasteiger partial charge in [0, 0.05) is 23.7 Å². The molecule has 1 aliphatic heterocycles. The average molecular weight is 405 g/mol. The Balaban J connectivity index is 1.51. The number of fused-ring (bicyclic) bond motifs is 1. The fraction of sp³-hybridized carbons (Fsp3) is 0.682. The molecule has 1 heterocycles. The molecule has 2 fully saturated rings. The zero-order chi connectivity index (χ0) is 19.7. The molecule has 0 spiro atoms. The second-order valence-corrected chi connectivity index (χ2v) is 10.6. The molecule has 0 radical (unpaired) electrons. The Morgan fingerprint density at radius 3 is 2.32 bits per heavy atom. The SMILES string of the molecule is CC1Cc2cc(S(=O)(=O)NC3CCCCCCC3)ccc2N1C(=O)C1CCC1. The summed E-state index contributed by atoms with van der Waals surface area (Å²) in [5, 5.41) is 0. The monoisotopic (exact) mass is 404 g/mol. The molecule has 2 aliphatic carbocycles. The van der Waals surface area contributed by atoms with Crippen molar-refractivity contribution in [2.24, 2.45) is 5.92 Å². The van der Waals surface area contributed by atoms with Crippen molar-refractivity contribution in [1.82, 2.24) is 4.72 Å². The third kappa shape index (κ3) is 3.99. The number of hydrogen-bond acceptors (Lipinski definition) is 3. The molecule has 0 aromatic heterocycles. The minimum Gasteiger partial charge on any atom is -0.309 e. The van der Waals surface area contributed by atoms with Crippen molar-refractivity contribution < 1.29 is 13.2 Å². The van der Waals surface area contributed by atoms with Crippen molar-refractivity contribution in [2.75, 3.05) is 4.90 Å². The van der Waals surface area contributed by atoms with Crippen LogP contribution in [0.2, 0.25) is 0 Å². The van der Waals surface area contributed by atoms with Crippen LogP contribution in [-0.4, -0.2) is 26.4 Å². The largest absolute Gasteiger partial charge is 0.309 e. The first-order valence-corrected chi connectivity index (χ1v) is 12.4. The van der Waals surface area contributed by atoms with Crippen LogP contribution in [0.15, 0.2) is 23.1 Å². The molecule has 0 bridgehead atoms. The standard InChI is InChI=1S/C22H32N2O3S/c1-16-14-18-15-20(12-13-21(18)24(16)22(25)17-8-7-9-17)28(26,27)23-19-10-5-3-2-4-6-11-19/h12-13,15-17,19,23H,2-11,14H2,1H3. The first-order valence-electron chi connectivity index (χ1n) is 10.9. The van der Waals surface area contributed by atoms with Crippen molar-refractivity contribution in [1.29, 1.82) is 0 Å². The summed E-state index contributed by atoms with van der Waals surface area (Å²) in [7, 11) is -3.53. The fourth-order valence-electron chi connectivity index (χ4n) is 4.82. The molecule has 1 unspecified atom stereocenters. The van der Waals surface area contributed by atoms with Crippen LogP contribution >= 0.6 is 0 Å². The van der Waals surface area contributed by atoms with Crippen molar-refractivity contribution >= 4 is 21.6 Å². The Hall–Kier alpha value is -1.40. The van der Waals surface area contributed by atoms with Crippen molar-refractivity contribution in [3.63, 3.8) is 0 Å². The lowest BCUT2D eigenvalue weighted by Crippen LogP contribution is -2.42. The zero-order valence-corrected chi connectivity index (χ0v) is 17.6. The molecule has 1 aromatic rings. The minimum atomic E-state index is -3.53. The molecule has 1 N–H and O–H groups in total. The topological polar surface area (TPSA) is 66.5 Å². The summed E-state index contributed by atoms with van der Waals surface area (Å²) in [5.74, 6) is 0.360. The molecule has 5 nitrogen and oxygen atoms in total. The van der Waals surface area contributed by atoms with E-state index in [-0.39, 0.29) is 23.9 Å². The third-order valence-corrected chi connectivity index (χ3v) is 8.21. The van der Waals surface area contributed by atoms with E-state index in [1.807, 2.05) is 11.0 Å². The number of carbonyl (C=O) groups is 1. The number of nitrogens with zero attached hydrogens (tertiary/aromatic N) is 1. The molecule has 1 atom stereocenters. The van der Waals surface area contributed by atoms with E-state index in [1.165, 1.54) is 19.3 Å². The van der Waals surface area contributed by atoms with Crippen LogP contribution in [0.25, 0.3) is 0 Å². The maximum atomic E-state index is 13.0. The van der Waals surface area contributed by atoms with E-state index in [0.29, 0.717) is 4.90 Å². The highest BCUT2D eigenvalue weighted by atomic mass is 32.2. The van der Waals surface area contributed by atoms with E-state index >= 15 is 0 Å². The third-order valence-electron chi connectivity index (χ3n) is 6.70. The van der Waals surface area contributed by atoms with Crippen molar-refractivity contribution in [2.45, 2.75) is 94.5 Å². The zero-order valence-electron chi connectivity index (χ0n) is 16.8. The van der Waals surface area contributed by atoms with Crippen LogP contribution in [0.5, 0.6) is 0 Å². The second-order valence-electron chi connectivity index (χ2n) is 8.84. The van der Waals surface area contributed by atoms with Crippen molar-refractivity contribution in [3.05, 3.63) is 23.8 Å². The van der Waals surface area contributed by atoms with Crippen LogP contribution in [-0.2, 0) is 21.2 Å². The number of rotatable bonds is 4. The van der Waals surface area contributed by atoms with E-state index in [1.54, 1.807) is 12.1 Å². The Kier molecular flexibility index (Phi) is 5.79. The number of anilines is 1. The summed E-state index contributed by atoms with van der Waals surface area (Å²) in [6, 6.07) is 5.42. The summed E-state index contributed by atoms with van der Waals surface area (Å²) >= 11 is 0. The van der Waals surface area contributed by atoms with E-state index in [2.05, 4.69) is 11.6 Å². The summed E-state index contributed by atoms with van der Waals surface area (Å²) < 4.78 is 28.9. The van der Waals surface area contributed by atoms with Gasteiger partial charge in [0.1, 0.15) is 0 Å². The van der Waals surface area contributed by atoms with Gasteiger partial charge in [-0.05, 0) is 62.8 Å². The van der Waals surface area contributed by atoms with Gasteiger partial charge in [0.05, 0.1) is 4.90 Å². The Labute approximate surface area is 168 Å². The highest BCUT2D eigenvalue weighted by Gasteiger charge is 2.37. The van der Waals surface area contributed by atoms with Gasteiger partial charge in [0.15, 0.2) is 0 Å². The van der Waals surface area contributed by atoms with Gasteiger partial charge in [-0.3, -0.25) is 4.79 Å². The number of benzene rings is 1. The van der Waals surface area contributed by atoms with E-state index in [4.69, 9.17) is 0 Å².